The quantitative estimate of drug-likeness (QED) is 0.781. The molecule has 1 amide bonds. The van der Waals surface area contributed by atoms with Gasteiger partial charge in [-0.2, -0.15) is 11.8 Å². The van der Waals surface area contributed by atoms with Crippen molar-refractivity contribution in [2.24, 2.45) is 5.92 Å². The highest BCUT2D eigenvalue weighted by Crippen LogP contribution is 2.27. The molecule has 1 unspecified atom stereocenters. The number of hydrogen-bond acceptors (Lipinski definition) is 4. The maximum Gasteiger partial charge on any atom is 0.227 e. The summed E-state index contributed by atoms with van der Waals surface area (Å²) < 4.78 is 14.7. The first-order chi connectivity index (χ1) is 10.6. The number of nitrogens with zero attached hydrogens (tertiary/aromatic N) is 3. The number of thioether (sulfide) groups is 1. The van der Waals surface area contributed by atoms with Crippen LogP contribution in [0.5, 0.6) is 0 Å². The van der Waals surface area contributed by atoms with Crippen molar-refractivity contribution in [3.63, 3.8) is 0 Å². The van der Waals surface area contributed by atoms with Crippen LogP contribution < -0.4 is 4.90 Å². The fourth-order valence-electron chi connectivity index (χ4n) is 3.05. The first-order valence-electron chi connectivity index (χ1n) is 7.57. The van der Waals surface area contributed by atoms with Crippen molar-refractivity contribution in [2.45, 2.75) is 12.8 Å². The molecule has 0 saturated carbocycles. The Morgan fingerprint density at radius 3 is 2.86 bits per heavy atom. The molecule has 0 bridgehead atoms. The van der Waals surface area contributed by atoms with Crippen LogP contribution in [0.15, 0.2) is 16.7 Å². The summed E-state index contributed by atoms with van der Waals surface area (Å²) in [6.07, 6.45) is 3.39. The summed E-state index contributed by atoms with van der Waals surface area (Å²) >= 11 is 5.12. The van der Waals surface area contributed by atoms with Gasteiger partial charge < -0.3 is 9.80 Å². The van der Waals surface area contributed by atoms with Crippen LogP contribution >= 0.6 is 27.7 Å². The zero-order valence-corrected chi connectivity index (χ0v) is 14.7. The van der Waals surface area contributed by atoms with E-state index in [1.165, 1.54) is 6.07 Å². The topological polar surface area (TPSA) is 36.4 Å². The zero-order chi connectivity index (χ0) is 15.5. The number of carbonyl (C=O) groups is 1. The SMILES string of the molecule is O=C(C1CCCN(c2ncc(Br)cc2F)C1)N1CCSCC1. The van der Waals surface area contributed by atoms with Crippen LogP contribution in [0.1, 0.15) is 12.8 Å². The molecule has 22 heavy (non-hydrogen) atoms. The third-order valence-electron chi connectivity index (χ3n) is 4.18. The average Bonchev–Trinajstić information content (AvgIpc) is 2.55. The number of halogens is 2. The molecule has 3 heterocycles. The molecular weight excluding hydrogens is 369 g/mol. The van der Waals surface area contributed by atoms with Crippen LogP contribution in [0.25, 0.3) is 0 Å². The van der Waals surface area contributed by atoms with Gasteiger partial charge in [-0.05, 0) is 34.8 Å². The Bertz CT molecular complexity index is 554. The van der Waals surface area contributed by atoms with Crippen molar-refractivity contribution in [3.05, 3.63) is 22.6 Å². The summed E-state index contributed by atoms with van der Waals surface area (Å²) in [7, 11) is 0. The van der Waals surface area contributed by atoms with Crippen molar-refractivity contribution >= 4 is 39.4 Å². The van der Waals surface area contributed by atoms with Gasteiger partial charge in [0, 0.05) is 48.4 Å². The molecular formula is C15H19BrFN3OS. The lowest BCUT2D eigenvalue weighted by Crippen LogP contribution is -2.47. The first-order valence-corrected chi connectivity index (χ1v) is 9.52. The Morgan fingerprint density at radius 1 is 1.36 bits per heavy atom. The lowest BCUT2D eigenvalue weighted by Gasteiger charge is -2.36. The molecule has 4 nitrogen and oxygen atoms in total. The number of pyridine rings is 1. The summed E-state index contributed by atoms with van der Waals surface area (Å²) in [6.45, 7) is 3.00. The van der Waals surface area contributed by atoms with Crippen molar-refractivity contribution in [3.8, 4) is 0 Å². The molecule has 0 radical (unpaired) electrons. The maximum absolute atomic E-state index is 14.1. The Hall–Kier alpha value is -0.820. The molecule has 0 spiro atoms. The highest BCUT2D eigenvalue weighted by molar-refractivity contribution is 9.10. The number of carbonyl (C=O) groups excluding carboxylic acids is 1. The molecule has 120 valence electrons. The summed E-state index contributed by atoms with van der Waals surface area (Å²) in [5, 5.41) is 0. The average molecular weight is 388 g/mol. The van der Waals surface area contributed by atoms with E-state index in [1.54, 1.807) is 6.20 Å². The molecule has 1 aromatic heterocycles. The monoisotopic (exact) mass is 387 g/mol. The molecule has 2 aliphatic heterocycles. The van der Waals surface area contributed by atoms with Gasteiger partial charge in [0.05, 0.1) is 5.92 Å². The summed E-state index contributed by atoms with van der Waals surface area (Å²) in [5.74, 6) is 2.24. The minimum absolute atomic E-state index is 0.0401. The number of anilines is 1. The summed E-state index contributed by atoms with van der Waals surface area (Å²) in [5.41, 5.74) is 0. The minimum atomic E-state index is -0.336. The number of aromatic nitrogens is 1. The molecule has 2 saturated heterocycles. The van der Waals surface area contributed by atoms with Crippen molar-refractivity contribution < 1.29 is 9.18 Å². The maximum atomic E-state index is 14.1. The number of rotatable bonds is 2. The van der Waals surface area contributed by atoms with Crippen LogP contribution in [0.3, 0.4) is 0 Å². The van der Waals surface area contributed by atoms with Gasteiger partial charge in [0.1, 0.15) is 0 Å². The fourth-order valence-corrected chi connectivity index (χ4v) is 4.26. The fraction of sp³-hybridized carbons (Fsp3) is 0.600. The van der Waals surface area contributed by atoms with E-state index in [0.29, 0.717) is 16.8 Å². The minimum Gasteiger partial charge on any atom is -0.353 e. The number of amides is 1. The second-order valence-electron chi connectivity index (χ2n) is 5.68. The molecule has 1 aromatic rings. The number of piperidine rings is 1. The largest absolute Gasteiger partial charge is 0.353 e. The van der Waals surface area contributed by atoms with E-state index in [1.807, 2.05) is 21.6 Å². The summed E-state index contributed by atoms with van der Waals surface area (Å²) in [4.78, 5) is 20.7. The van der Waals surface area contributed by atoms with Gasteiger partial charge in [-0.3, -0.25) is 4.79 Å². The van der Waals surface area contributed by atoms with E-state index >= 15 is 0 Å². The highest BCUT2D eigenvalue weighted by atomic mass is 79.9. The van der Waals surface area contributed by atoms with Gasteiger partial charge in [-0.1, -0.05) is 0 Å². The lowest BCUT2D eigenvalue weighted by atomic mass is 9.96. The second kappa shape index (κ2) is 7.17. The molecule has 3 rings (SSSR count). The second-order valence-corrected chi connectivity index (χ2v) is 7.82. The Kier molecular flexibility index (Phi) is 5.23. The van der Waals surface area contributed by atoms with Gasteiger partial charge in [-0.25, -0.2) is 9.37 Å². The van der Waals surface area contributed by atoms with Gasteiger partial charge in [0.25, 0.3) is 0 Å². The molecule has 2 fully saturated rings. The van der Waals surface area contributed by atoms with Crippen LogP contribution in [0.2, 0.25) is 0 Å². The van der Waals surface area contributed by atoms with E-state index < -0.39 is 0 Å². The Balaban J connectivity index is 1.69. The third-order valence-corrected chi connectivity index (χ3v) is 5.56. The van der Waals surface area contributed by atoms with E-state index in [9.17, 15) is 9.18 Å². The van der Waals surface area contributed by atoms with Crippen LogP contribution in [0, 0.1) is 11.7 Å². The van der Waals surface area contributed by atoms with Crippen molar-refractivity contribution in [1.29, 1.82) is 0 Å². The van der Waals surface area contributed by atoms with Crippen molar-refractivity contribution in [1.82, 2.24) is 9.88 Å². The van der Waals surface area contributed by atoms with E-state index in [0.717, 1.165) is 44.0 Å². The zero-order valence-electron chi connectivity index (χ0n) is 12.3. The normalized spacial score (nSPS) is 22.7. The predicted molar refractivity (Wildman–Crippen MR) is 90.7 cm³/mol. The molecule has 1 atom stereocenters. The first kappa shape index (κ1) is 16.1. The molecule has 2 aliphatic rings. The number of hydrogen-bond donors (Lipinski definition) is 0. The smallest absolute Gasteiger partial charge is 0.227 e. The third kappa shape index (κ3) is 3.56. The van der Waals surface area contributed by atoms with E-state index in [2.05, 4.69) is 20.9 Å². The highest BCUT2D eigenvalue weighted by Gasteiger charge is 2.31. The summed E-state index contributed by atoms with van der Waals surface area (Å²) in [6, 6.07) is 1.43. The van der Waals surface area contributed by atoms with Crippen LogP contribution in [-0.4, -0.2) is 53.5 Å². The standard InChI is InChI=1S/C15H19BrFN3OS/c16-12-8-13(17)14(18-9-12)20-3-1-2-11(10-20)15(21)19-4-6-22-7-5-19/h8-9,11H,1-7,10H2. The predicted octanol–water partition coefficient (Wildman–Crippen LogP) is 2.78. The van der Waals surface area contributed by atoms with Gasteiger partial charge in [0.15, 0.2) is 11.6 Å². The Morgan fingerprint density at radius 2 is 2.14 bits per heavy atom. The van der Waals surface area contributed by atoms with Crippen LogP contribution in [-0.2, 0) is 4.79 Å². The van der Waals surface area contributed by atoms with E-state index in [4.69, 9.17) is 0 Å². The van der Waals surface area contributed by atoms with Gasteiger partial charge in [0.2, 0.25) is 5.91 Å². The Labute approximate surface area is 142 Å². The molecule has 0 aromatic carbocycles. The van der Waals surface area contributed by atoms with Gasteiger partial charge in [-0.15, -0.1) is 0 Å². The van der Waals surface area contributed by atoms with E-state index in [-0.39, 0.29) is 17.6 Å². The van der Waals surface area contributed by atoms with Crippen molar-refractivity contribution in [2.75, 3.05) is 42.6 Å². The van der Waals surface area contributed by atoms with Gasteiger partial charge >= 0.3 is 0 Å². The molecule has 0 aliphatic carbocycles. The molecule has 0 N–H and O–H groups in total. The molecule has 7 heteroatoms. The van der Waals surface area contributed by atoms with Crippen LogP contribution in [0.4, 0.5) is 10.2 Å². The lowest BCUT2D eigenvalue weighted by molar-refractivity contribution is -0.135.